The van der Waals surface area contributed by atoms with Crippen molar-refractivity contribution in [3.63, 3.8) is 0 Å². The highest BCUT2D eigenvalue weighted by atomic mass is 16.4. The topological polar surface area (TPSA) is 42.4 Å². The van der Waals surface area contributed by atoms with E-state index in [-0.39, 0.29) is 0 Å². The predicted molar refractivity (Wildman–Crippen MR) is 192 cm³/mol. The molecule has 0 spiro atoms. The Kier molecular flexibility index (Phi) is 6.43. The van der Waals surface area contributed by atoms with Crippen LogP contribution >= 0.6 is 0 Å². The van der Waals surface area contributed by atoms with Crippen LogP contribution < -0.4 is 4.90 Å². The molecule has 0 unspecified atom stereocenters. The van der Waals surface area contributed by atoms with E-state index >= 15 is 0 Å². The third kappa shape index (κ3) is 4.84. The highest BCUT2D eigenvalue weighted by molar-refractivity contribution is 6.12. The molecule has 9 aromatic rings. The minimum Gasteiger partial charge on any atom is -0.455 e. The van der Waals surface area contributed by atoms with E-state index in [0.717, 1.165) is 66.8 Å². The number of oxazole rings is 1. The Morgan fingerprint density at radius 1 is 0.404 bits per heavy atom. The highest BCUT2D eigenvalue weighted by Crippen LogP contribution is 2.40. The molecule has 0 atom stereocenters. The second-order valence-electron chi connectivity index (χ2n) is 11.6. The Morgan fingerprint density at radius 3 is 1.66 bits per heavy atom. The Bertz CT molecular complexity index is 2480. The first kappa shape index (κ1) is 27.0. The molecule has 222 valence electrons. The van der Waals surface area contributed by atoms with Gasteiger partial charge in [-0.05, 0) is 71.3 Å². The van der Waals surface area contributed by atoms with Gasteiger partial charge in [0.15, 0.2) is 5.58 Å². The van der Waals surface area contributed by atoms with E-state index in [9.17, 15) is 0 Å². The van der Waals surface area contributed by atoms with Crippen molar-refractivity contribution in [2.24, 2.45) is 0 Å². The molecule has 0 aliphatic carbocycles. The van der Waals surface area contributed by atoms with Gasteiger partial charge >= 0.3 is 0 Å². The fraction of sp³-hybridized carbons (Fsp3) is 0. The number of para-hydroxylation sites is 2. The zero-order chi connectivity index (χ0) is 31.2. The Labute approximate surface area is 271 Å². The molecule has 47 heavy (non-hydrogen) atoms. The van der Waals surface area contributed by atoms with Crippen LogP contribution in [-0.4, -0.2) is 4.98 Å². The molecule has 2 heterocycles. The summed E-state index contributed by atoms with van der Waals surface area (Å²) >= 11 is 0. The molecular weight excluding hydrogens is 576 g/mol. The predicted octanol–water partition coefficient (Wildman–Crippen LogP) is 12.2. The number of hydrogen-bond acceptors (Lipinski definition) is 4. The second kappa shape index (κ2) is 11.2. The minimum absolute atomic E-state index is 0.607. The minimum atomic E-state index is 0.607. The summed E-state index contributed by atoms with van der Waals surface area (Å²) in [6.45, 7) is 0. The Hall–Kier alpha value is -6.39. The second-order valence-corrected chi connectivity index (χ2v) is 11.6. The average Bonchev–Trinajstić information content (AvgIpc) is 3.73. The van der Waals surface area contributed by atoms with Crippen molar-refractivity contribution < 1.29 is 8.83 Å². The van der Waals surface area contributed by atoms with Crippen LogP contribution in [0.25, 0.3) is 66.7 Å². The summed E-state index contributed by atoms with van der Waals surface area (Å²) in [6.07, 6.45) is 0. The van der Waals surface area contributed by atoms with Crippen LogP contribution in [0, 0.1) is 0 Å². The molecule has 0 bridgehead atoms. The van der Waals surface area contributed by atoms with Gasteiger partial charge in [-0.15, -0.1) is 0 Å². The average molecular weight is 605 g/mol. The molecule has 0 amide bonds. The van der Waals surface area contributed by atoms with Crippen molar-refractivity contribution in [3.8, 4) is 33.7 Å². The van der Waals surface area contributed by atoms with E-state index in [1.807, 2.05) is 54.6 Å². The van der Waals surface area contributed by atoms with Crippen LogP contribution in [0.1, 0.15) is 0 Å². The number of furan rings is 1. The fourth-order valence-electron chi connectivity index (χ4n) is 6.40. The molecule has 4 heteroatoms. The van der Waals surface area contributed by atoms with Crippen molar-refractivity contribution in [1.82, 2.24) is 4.98 Å². The van der Waals surface area contributed by atoms with Gasteiger partial charge in [-0.3, -0.25) is 0 Å². The van der Waals surface area contributed by atoms with E-state index in [4.69, 9.17) is 13.8 Å². The van der Waals surface area contributed by atoms with Gasteiger partial charge in [0.25, 0.3) is 0 Å². The maximum absolute atomic E-state index is 6.53. The van der Waals surface area contributed by atoms with Gasteiger partial charge in [0.2, 0.25) is 5.89 Å². The van der Waals surface area contributed by atoms with Crippen LogP contribution in [0.2, 0.25) is 0 Å². The van der Waals surface area contributed by atoms with Crippen molar-refractivity contribution in [2.75, 3.05) is 4.90 Å². The first-order valence-electron chi connectivity index (χ1n) is 15.7. The maximum atomic E-state index is 6.53. The van der Waals surface area contributed by atoms with E-state index in [2.05, 4.69) is 120 Å². The molecule has 0 radical (unpaired) electrons. The smallest absolute Gasteiger partial charge is 0.227 e. The largest absolute Gasteiger partial charge is 0.455 e. The van der Waals surface area contributed by atoms with Crippen molar-refractivity contribution in [3.05, 3.63) is 170 Å². The lowest BCUT2D eigenvalue weighted by Gasteiger charge is -2.26. The number of nitrogens with zero attached hydrogens (tertiary/aromatic N) is 2. The molecule has 9 rings (SSSR count). The summed E-state index contributed by atoms with van der Waals surface area (Å²) in [7, 11) is 0. The molecular formula is C43H28N2O2. The number of anilines is 3. The van der Waals surface area contributed by atoms with E-state index in [1.165, 1.54) is 11.1 Å². The highest BCUT2D eigenvalue weighted by Gasteiger charge is 2.17. The molecule has 0 saturated carbocycles. The SMILES string of the molecule is c1ccc(-c2ccc(N(c3ccccc3)c3ccc(-c4cccc5c4oc4cc6nc(-c7ccccc7)oc6cc45)cc3)cc2)cc1. The Morgan fingerprint density at radius 2 is 0.979 bits per heavy atom. The lowest BCUT2D eigenvalue weighted by atomic mass is 10.0. The number of benzene rings is 7. The molecule has 0 saturated heterocycles. The van der Waals surface area contributed by atoms with E-state index in [0.29, 0.717) is 5.89 Å². The first-order chi connectivity index (χ1) is 23.3. The standard InChI is InChI=1S/C43H28N2O2/c1-4-11-29(12-5-1)30-19-23-34(24-20-30)45(33-15-8-3-9-16-33)35-25-21-31(22-26-35)36-17-10-18-37-38-27-41-39(28-40(38)46-42(36)37)44-43(47-41)32-13-6-2-7-14-32/h1-28H. The molecule has 0 fully saturated rings. The van der Waals surface area contributed by atoms with Crippen LogP contribution in [-0.2, 0) is 0 Å². The third-order valence-corrected chi connectivity index (χ3v) is 8.71. The first-order valence-corrected chi connectivity index (χ1v) is 15.7. The van der Waals surface area contributed by atoms with Gasteiger partial charge in [0.1, 0.15) is 16.7 Å². The summed E-state index contributed by atoms with van der Waals surface area (Å²) in [5, 5.41) is 2.06. The van der Waals surface area contributed by atoms with Crippen LogP contribution in [0.5, 0.6) is 0 Å². The number of hydrogen-bond donors (Lipinski definition) is 0. The zero-order valence-corrected chi connectivity index (χ0v) is 25.4. The molecule has 0 N–H and O–H groups in total. The van der Waals surface area contributed by atoms with Gasteiger partial charge in [0.05, 0.1) is 0 Å². The molecule has 0 aliphatic rings. The van der Waals surface area contributed by atoms with Gasteiger partial charge in [-0.1, -0.05) is 109 Å². The quantitative estimate of drug-likeness (QED) is 0.189. The van der Waals surface area contributed by atoms with Crippen LogP contribution in [0.15, 0.2) is 179 Å². The molecule has 2 aromatic heterocycles. The van der Waals surface area contributed by atoms with Gasteiger partial charge in [-0.2, -0.15) is 0 Å². The van der Waals surface area contributed by atoms with Crippen LogP contribution in [0.4, 0.5) is 17.1 Å². The summed E-state index contributed by atoms with van der Waals surface area (Å²) in [5.74, 6) is 0.607. The summed E-state index contributed by atoms with van der Waals surface area (Å²) < 4.78 is 12.7. The number of fused-ring (bicyclic) bond motifs is 4. The van der Waals surface area contributed by atoms with Gasteiger partial charge < -0.3 is 13.7 Å². The fourth-order valence-corrected chi connectivity index (χ4v) is 6.40. The third-order valence-electron chi connectivity index (χ3n) is 8.71. The Balaban J connectivity index is 1.09. The summed E-state index contributed by atoms with van der Waals surface area (Å²) in [6, 6.07) is 58.7. The van der Waals surface area contributed by atoms with Crippen molar-refractivity contribution in [2.45, 2.75) is 0 Å². The molecule has 4 nitrogen and oxygen atoms in total. The van der Waals surface area contributed by atoms with E-state index in [1.54, 1.807) is 0 Å². The monoisotopic (exact) mass is 604 g/mol. The van der Waals surface area contributed by atoms with E-state index < -0.39 is 0 Å². The zero-order valence-electron chi connectivity index (χ0n) is 25.4. The van der Waals surface area contributed by atoms with Crippen LogP contribution in [0.3, 0.4) is 0 Å². The number of aromatic nitrogens is 1. The molecule has 7 aromatic carbocycles. The summed E-state index contributed by atoms with van der Waals surface area (Å²) in [4.78, 5) is 7.03. The lowest BCUT2D eigenvalue weighted by Crippen LogP contribution is -2.09. The van der Waals surface area contributed by atoms with Crippen molar-refractivity contribution in [1.29, 1.82) is 0 Å². The lowest BCUT2D eigenvalue weighted by molar-refractivity contribution is 0.620. The summed E-state index contributed by atoms with van der Waals surface area (Å²) in [5.41, 5.74) is 11.9. The number of rotatable bonds is 6. The van der Waals surface area contributed by atoms with Gasteiger partial charge in [-0.25, -0.2) is 4.98 Å². The van der Waals surface area contributed by atoms with Gasteiger partial charge in [0, 0.05) is 45.0 Å². The molecule has 0 aliphatic heterocycles. The van der Waals surface area contributed by atoms with Crippen molar-refractivity contribution >= 4 is 50.1 Å². The normalized spacial score (nSPS) is 11.4. The maximum Gasteiger partial charge on any atom is 0.227 e.